The number of terminal acetylenes is 1. The number of para-hydroxylation sites is 1. The van der Waals surface area contributed by atoms with Gasteiger partial charge in [0.05, 0.1) is 6.04 Å². The summed E-state index contributed by atoms with van der Waals surface area (Å²) in [4.78, 5) is 16.7. The molecule has 3 rings (SSSR count). The molecule has 0 unspecified atom stereocenters. The van der Waals surface area contributed by atoms with Gasteiger partial charge in [0, 0.05) is 24.7 Å². The first-order valence-electron chi connectivity index (χ1n) is 8.16. The van der Waals surface area contributed by atoms with Crippen LogP contribution < -0.4 is 4.90 Å². The van der Waals surface area contributed by atoms with Crippen LogP contribution in [0.1, 0.15) is 27.2 Å². The van der Waals surface area contributed by atoms with Crippen molar-refractivity contribution in [2.24, 2.45) is 5.92 Å². The van der Waals surface area contributed by atoms with Gasteiger partial charge in [0.2, 0.25) is 0 Å². The molecule has 2 bridgehead atoms. The highest BCUT2D eigenvalue weighted by Gasteiger charge is 2.48. The number of hydrogen-bond acceptors (Lipinski definition) is 3. The second kappa shape index (κ2) is 5.81. The van der Waals surface area contributed by atoms with Gasteiger partial charge in [-0.2, -0.15) is 0 Å². The van der Waals surface area contributed by atoms with Crippen molar-refractivity contribution in [2.75, 3.05) is 18.0 Å². The van der Waals surface area contributed by atoms with E-state index in [0.717, 1.165) is 19.5 Å². The fourth-order valence-corrected chi connectivity index (χ4v) is 3.64. The molecule has 0 aliphatic carbocycles. The molecule has 0 radical (unpaired) electrons. The average Bonchev–Trinajstić information content (AvgIpc) is 2.76. The van der Waals surface area contributed by atoms with Crippen LogP contribution >= 0.6 is 0 Å². The van der Waals surface area contributed by atoms with E-state index in [2.05, 4.69) is 23.0 Å². The van der Waals surface area contributed by atoms with E-state index in [0.29, 0.717) is 5.92 Å². The summed E-state index contributed by atoms with van der Waals surface area (Å²) in [6, 6.07) is 10.2. The van der Waals surface area contributed by atoms with E-state index in [1.807, 2.05) is 39.0 Å². The van der Waals surface area contributed by atoms with Gasteiger partial charge in [0.25, 0.3) is 0 Å². The van der Waals surface area contributed by atoms with E-state index < -0.39 is 5.60 Å². The van der Waals surface area contributed by atoms with E-state index in [1.54, 1.807) is 4.90 Å². The van der Waals surface area contributed by atoms with Crippen LogP contribution in [0, 0.1) is 18.3 Å². The molecular weight excluding hydrogens is 288 g/mol. The normalized spacial score (nSPS) is 26.8. The van der Waals surface area contributed by atoms with Crippen molar-refractivity contribution in [3.05, 3.63) is 30.3 Å². The summed E-state index contributed by atoms with van der Waals surface area (Å²) in [6.07, 6.45) is 6.41. The molecule has 2 saturated heterocycles. The number of carbonyl (C=O) groups is 1. The zero-order valence-electron chi connectivity index (χ0n) is 14.0. The number of benzene rings is 1. The number of carbonyl (C=O) groups excluding carboxylic acids is 1. The predicted molar refractivity (Wildman–Crippen MR) is 91.2 cm³/mol. The molecule has 4 heteroatoms. The number of ether oxygens (including phenoxy) is 1. The van der Waals surface area contributed by atoms with Gasteiger partial charge in [0.1, 0.15) is 11.6 Å². The highest BCUT2D eigenvalue weighted by molar-refractivity contribution is 5.71. The van der Waals surface area contributed by atoms with Crippen molar-refractivity contribution in [1.29, 1.82) is 0 Å². The van der Waals surface area contributed by atoms with Crippen LogP contribution in [0.25, 0.3) is 0 Å². The molecule has 2 aliphatic heterocycles. The number of amides is 1. The maximum atomic E-state index is 12.6. The third-order valence-corrected chi connectivity index (χ3v) is 4.50. The third-order valence-electron chi connectivity index (χ3n) is 4.50. The summed E-state index contributed by atoms with van der Waals surface area (Å²) in [5.74, 6) is 3.12. The molecular formula is C19H24N2O2. The quantitative estimate of drug-likeness (QED) is 0.747. The van der Waals surface area contributed by atoms with Crippen molar-refractivity contribution in [3.63, 3.8) is 0 Å². The number of hydrogen-bond donors (Lipinski definition) is 0. The fraction of sp³-hybridized carbons (Fsp3) is 0.526. The van der Waals surface area contributed by atoms with E-state index in [-0.39, 0.29) is 18.2 Å². The zero-order chi connectivity index (χ0) is 16.6. The molecule has 0 aromatic heterocycles. The lowest BCUT2D eigenvalue weighted by molar-refractivity contribution is 0.0193. The van der Waals surface area contributed by atoms with E-state index >= 15 is 0 Å². The second-order valence-corrected chi connectivity index (χ2v) is 7.39. The standard InChI is InChI=1S/C19H24N2O2/c1-5-17-14-11-16(21(17)18(22)23-19(2,3)4)13-20(12-14)15-9-7-6-8-10-15/h1,6-10,14,16-17H,11-13H2,2-4H3/t14-,16+,17-/m0/s1. The van der Waals surface area contributed by atoms with Crippen molar-refractivity contribution >= 4 is 11.8 Å². The Morgan fingerprint density at radius 1 is 1.26 bits per heavy atom. The van der Waals surface area contributed by atoms with Crippen LogP contribution in [-0.2, 0) is 4.74 Å². The Labute approximate surface area is 138 Å². The van der Waals surface area contributed by atoms with Crippen LogP contribution in [0.4, 0.5) is 10.5 Å². The molecule has 1 aromatic carbocycles. The number of piperidine rings is 1. The minimum Gasteiger partial charge on any atom is -0.444 e. The van der Waals surface area contributed by atoms with Gasteiger partial charge >= 0.3 is 6.09 Å². The van der Waals surface area contributed by atoms with Crippen molar-refractivity contribution < 1.29 is 9.53 Å². The Kier molecular flexibility index (Phi) is 3.97. The third kappa shape index (κ3) is 3.14. The number of anilines is 1. The lowest BCUT2D eigenvalue weighted by Crippen LogP contribution is -2.46. The van der Waals surface area contributed by atoms with Crippen molar-refractivity contribution in [3.8, 4) is 12.3 Å². The number of likely N-dealkylation sites (tertiary alicyclic amines) is 1. The smallest absolute Gasteiger partial charge is 0.411 e. The summed E-state index contributed by atoms with van der Waals surface area (Å²) in [5.41, 5.74) is 0.676. The summed E-state index contributed by atoms with van der Waals surface area (Å²) in [5, 5.41) is 0. The molecule has 23 heavy (non-hydrogen) atoms. The number of rotatable bonds is 1. The lowest BCUT2D eigenvalue weighted by atomic mass is 9.95. The Hall–Kier alpha value is -2.15. The minimum atomic E-state index is -0.508. The van der Waals surface area contributed by atoms with Gasteiger partial charge in [0.15, 0.2) is 0 Å². The lowest BCUT2D eigenvalue weighted by Gasteiger charge is -2.34. The summed E-state index contributed by atoms with van der Waals surface area (Å²) >= 11 is 0. The molecule has 122 valence electrons. The SMILES string of the molecule is C#C[C@H]1[C@H]2C[C@H](CN(c3ccccc3)C2)N1C(=O)OC(C)(C)C. The van der Waals surface area contributed by atoms with Crippen molar-refractivity contribution in [2.45, 2.75) is 44.9 Å². The largest absolute Gasteiger partial charge is 0.444 e. The Morgan fingerprint density at radius 2 is 1.96 bits per heavy atom. The van der Waals surface area contributed by atoms with Gasteiger partial charge in [-0.1, -0.05) is 24.1 Å². The van der Waals surface area contributed by atoms with Crippen LogP contribution in [0.15, 0.2) is 30.3 Å². The van der Waals surface area contributed by atoms with E-state index in [1.165, 1.54) is 5.69 Å². The van der Waals surface area contributed by atoms with Crippen LogP contribution in [-0.4, -0.2) is 41.8 Å². The molecule has 0 saturated carbocycles. The molecule has 2 fully saturated rings. The Bertz CT molecular complexity index is 614. The van der Waals surface area contributed by atoms with E-state index in [4.69, 9.17) is 11.2 Å². The van der Waals surface area contributed by atoms with E-state index in [9.17, 15) is 4.79 Å². The fourth-order valence-electron chi connectivity index (χ4n) is 3.64. The minimum absolute atomic E-state index is 0.116. The molecule has 2 heterocycles. The van der Waals surface area contributed by atoms with Gasteiger partial charge in [-0.25, -0.2) is 4.79 Å². The predicted octanol–water partition coefficient (Wildman–Crippen LogP) is 3.13. The Balaban J connectivity index is 1.81. The van der Waals surface area contributed by atoms with Gasteiger partial charge in [-0.15, -0.1) is 6.42 Å². The van der Waals surface area contributed by atoms with Crippen LogP contribution in [0.5, 0.6) is 0 Å². The molecule has 1 aromatic rings. The average molecular weight is 312 g/mol. The van der Waals surface area contributed by atoms with Gasteiger partial charge < -0.3 is 9.64 Å². The first-order chi connectivity index (χ1) is 10.9. The second-order valence-electron chi connectivity index (χ2n) is 7.39. The maximum Gasteiger partial charge on any atom is 0.411 e. The summed E-state index contributed by atoms with van der Waals surface area (Å²) in [7, 11) is 0. The zero-order valence-corrected chi connectivity index (χ0v) is 14.0. The Morgan fingerprint density at radius 3 is 2.57 bits per heavy atom. The van der Waals surface area contributed by atoms with Crippen LogP contribution in [0.2, 0.25) is 0 Å². The van der Waals surface area contributed by atoms with Gasteiger partial charge in [-0.3, -0.25) is 4.90 Å². The first kappa shape index (κ1) is 15.7. The number of fused-ring (bicyclic) bond motifs is 2. The molecule has 0 spiro atoms. The van der Waals surface area contributed by atoms with Crippen LogP contribution in [0.3, 0.4) is 0 Å². The topological polar surface area (TPSA) is 32.8 Å². The monoisotopic (exact) mass is 312 g/mol. The van der Waals surface area contributed by atoms with Crippen molar-refractivity contribution in [1.82, 2.24) is 4.90 Å². The molecule has 0 N–H and O–H groups in total. The molecule has 3 atom stereocenters. The molecule has 4 nitrogen and oxygen atoms in total. The van der Waals surface area contributed by atoms with Gasteiger partial charge in [-0.05, 0) is 39.3 Å². The summed E-state index contributed by atoms with van der Waals surface area (Å²) in [6.45, 7) is 7.34. The first-order valence-corrected chi connectivity index (χ1v) is 8.16. The summed E-state index contributed by atoms with van der Waals surface area (Å²) < 4.78 is 5.58. The highest BCUT2D eigenvalue weighted by Crippen LogP contribution is 2.37. The molecule has 2 aliphatic rings. The molecule has 1 amide bonds. The maximum absolute atomic E-state index is 12.6. The number of nitrogens with zero attached hydrogens (tertiary/aromatic N) is 2. The highest BCUT2D eigenvalue weighted by atomic mass is 16.6.